The molecule has 4 nitrogen and oxygen atoms in total. The number of amides is 1. The summed E-state index contributed by atoms with van der Waals surface area (Å²) < 4.78 is 5.70. The Kier molecular flexibility index (Phi) is 6.21. The monoisotopic (exact) mass is 294 g/mol. The fraction of sp³-hybridized carbons (Fsp3) is 0.533. The van der Waals surface area contributed by atoms with Crippen molar-refractivity contribution in [2.45, 2.75) is 25.8 Å². The molecule has 0 aromatic heterocycles. The summed E-state index contributed by atoms with van der Waals surface area (Å²) in [6.07, 6.45) is 2.58. The molecule has 1 aliphatic heterocycles. The van der Waals surface area contributed by atoms with Gasteiger partial charge in [0.05, 0.1) is 0 Å². The Morgan fingerprint density at radius 1 is 1.50 bits per heavy atom. The predicted octanol–water partition coefficient (Wildman–Crippen LogP) is 2.51. The fourth-order valence-electron chi connectivity index (χ4n) is 2.20. The Morgan fingerprint density at radius 3 is 3.15 bits per heavy atom. The zero-order valence-electron chi connectivity index (χ0n) is 11.9. The molecule has 0 bridgehead atoms. The van der Waals surface area contributed by atoms with Crippen molar-refractivity contribution in [2.75, 3.05) is 30.0 Å². The van der Waals surface area contributed by atoms with Gasteiger partial charge in [0.25, 0.3) is 0 Å². The lowest BCUT2D eigenvalue weighted by Gasteiger charge is -2.22. The lowest BCUT2D eigenvalue weighted by atomic mass is 10.2. The van der Waals surface area contributed by atoms with E-state index in [1.807, 2.05) is 36.0 Å². The first kappa shape index (κ1) is 15.2. The second-order valence-corrected chi connectivity index (χ2v) is 6.08. The van der Waals surface area contributed by atoms with Crippen LogP contribution in [-0.2, 0) is 4.79 Å². The second-order valence-electron chi connectivity index (χ2n) is 4.93. The van der Waals surface area contributed by atoms with Crippen LogP contribution in [0.15, 0.2) is 24.3 Å². The van der Waals surface area contributed by atoms with Crippen LogP contribution in [0.5, 0.6) is 5.75 Å². The van der Waals surface area contributed by atoms with Crippen LogP contribution in [0.2, 0.25) is 0 Å². The van der Waals surface area contributed by atoms with E-state index in [2.05, 4.69) is 10.6 Å². The van der Waals surface area contributed by atoms with Crippen LogP contribution in [0.4, 0.5) is 5.69 Å². The molecule has 0 spiro atoms. The van der Waals surface area contributed by atoms with Gasteiger partial charge in [0.1, 0.15) is 12.4 Å². The minimum Gasteiger partial charge on any atom is -0.492 e. The first-order valence-corrected chi connectivity index (χ1v) is 8.21. The zero-order valence-corrected chi connectivity index (χ0v) is 12.7. The van der Waals surface area contributed by atoms with E-state index in [1.54, 1.807) is 0 Å². The second kappa shape index (κ2) is 8.17. The number of nitrogens with one attached hydrogen (secondary N) is 2. The topological polar surface area (TPSA) is 50.4 Å². The van der Waals surface area contributed by atoms with E-state index in [4.69, 9.17) is 4.74 Å². The molecule has 1 amide bonds. The Bertz CT molecular complexity index is 434. The molecular weight excluding hydrogens is 272 g/mol. The van der Waals surface area contributed by atoms with Crippen LogP contribution in [-0.4, -0.2) is 36.6 Å². The summed E-state index contributed by atoms with van der Waals surface area (Å²) in [6.45, 7) is 3.00. The van der Waals surface area contributed by atoms with Gasteiger partial charge in [-0.05, 0) is 30.7 Å². The molecule has 0 unspecified atom stereocenters. The summed E-state index contributed by atoms with van der Waals surface area (Å²) in [5, 5.41) is 6.27. The van der Waals surface area contributed by atoms with E-state index >= 15 is 0 Å². The maximum Gasteiger partial charge on any atom is 0.221 e. The van der Waals surface area contributed by atoms with E-state index in [1.165, 1.54) is 31.3 Å². The normalized spacial score (nSPS) is 18.6. The number of benzene rings is 1. The summed E-state index contributed by atoms with van der Waals surface area (Å²) in [6, 6.07) is 8.11. The van der Waals surface area contributed by atoms with E-state index in [0.717, 1.165) is 18.0 Å². The molecular formula is C15H22N2O2S. The van der Waals surface area contributed by atoms with Gasteiger partial charge in [0.2, 0.25) is 5.91 Å². The minimum absolute atomic E-state index is 0.0707. The molecule has 20 heavy (non-hydrogen) atoms. The van der Waals surface area contributed by atoms with Crippen molar-refractivity contribution < 1.29 is 9.53 Å². The van der Waals surface area contributed by atoms with Gasteiger partial charge in [0.15, 0.2) is 0 Å². The average Bonchev–Trinajstić information content (AvgIpc) is 2.44. The zero-order chi connectivity index (χ0) is 14.2. The maximum absolute atomic E-state index is 11.0. The molecule has 1 aromatic rings. The smallest absolute Gasteiger partial charge is 0.221 e. The number of carbonyl (C=O) groups is 1. The maximum atomic E-state index is 11.0. The summed E-state index contributed by atoms with van der Waals surface area (Å²) in [5.41, 5.74) is 0.770. The number of ether oxygens (including phenoxy) is 1. The predicted molar refractivity (Wildman–Crippen MR) is 84.6 cm³/mol. The third-order valence-electron chi connectivity index (χ3n) is 3.12. The SMILES string of the molecule is CC(=O)Nc1cccc(OCCN[C@@H]2CCCSC2)c1. The minimum atomic E-state index is -0.0707. The van der Waals surface area contributed by atoms with Gasteiger partial charge in [-0.25, -0.2) is 0 Å². The third-order valence-corrected chi connectivity index (χ3v) is 4.33. The molecule has 0 aliphatic carbocycles. The highest BCUT2D eigenvalue weighted by Gasteiger charge is 2.12. The average molecular weight is 294 g/mol. The molecule has 1 atom stereocenters. The van der Waals surface area contributed by atoms with Crippen LogP contribution in [0.3, 0.4) is 0 Å². The van der Waals surface area contributed by atoms with Gasteiger partial charge in [0, 0.05) is 37.0 Å². The number of anilines is 1. The number of hydrogen-bond acceptors (Lipinski definition) is 4. The van der Waals surface area contributed by atoms with Gasteiger partial charge in [-0.1, -0.05) is 6.07 Å². The van der Waals surface area contributed by atoms with Gasteiger partial charge in [-0.3, -0.25) is 4.79 Å². The molecule has 0 saturated carbocycles. The van der Waals surface area contributed by atoms with Crippen LogP contribution >= 0.6 is 11.8 Å². The summed E-state index contributed by atoms with van der Waals surface area (Å²) in [7, 11) is 0. The van der Waals surface area contributed by atoms with Crippen molar-refractivity contribution in [1.82, 2.24) is 5.32 Å². The van der Waals surface area contributed by atoms with Crippen molar-refractivity contribution in [2.24, 2.45) is 0 Å². The molecule has 5 heteroatoms. The van der Waals surface area contributed by atoms with E-state index in [9.17, 15) is 4.79 Å². The fourth-order valence-corrected chi connectivity index (χ4v) is 3.31. The number of carbonyl (C=O) groups excluding carboxylic acids is 1. The van der Waals surface area contributed by atoms with Crippen molar-refractivity contribution in [1.29, 1.82) is 0 Å². The molecule has 2 N–H and O–H groups in total. The van der Waals surface area contributed by atoms with Crippen LogP contribution in [0.1, 0.15) is 19.8 Å². The Balaban J connectivity index is 1.69. The molecule has 2 rings (SSSR count). The Hall–Kier alpha value is -1.20. The summed E-state index contributed by atoms with van der Waals surface area (Å²) >= 11 is 2.02. The highest BCUT2D eigenvalue weighted by atomic mass is 32.2. The van der Waals surface area contributed by atoms with Gasteiger partial charge in [-0.15, -0.1) is 0 Å². The van der Waals surface area contributed by atoms with E-state index in [-0.39, 0.29) is 5.91 Å². The Labute approximate surface area is 124 Å². The summed E-state index contributed by atoms with van der Waals surface area (Å²) in [5.74, 6) is 3.22. The van der Waals surface area contributed by atoms with Crippen molar-refractivity contribution in [3.8, 4) is 5.75 Å². The number of thioether (sulfide) groups is 1. The van der Waals surface area contributed by atoms with Crippen LogP contribution in [0.25, 0.3) is 0 Å². The number of hydrogen-bond donors (Lipinski definition) is 2. The van der Waals surface area contributed by atoms with Crippen LogP contribution in [0, 0.1) is 0 Å². The standard InChI is InChI=1S/C15H22N2O2S/c1-12(18)17-13-4-2-6-15(10-13)19-8-7-16-14-5-3-9-20-11-14/h2,4,6,10,14,16H,3,5,7-9,11H2,1H3,(H,17,18)/t14-/m1/s1. The van der Waals surface area contributed by atoms with Crippen molar-refractivity contribution >= 4 is 23.4 Å². The van der Waals surface area contributed by atoms with Crippen molar-refractivity contribution in [3.05, 3.63) is 24.3 Å². The van der Waals surface area contributed by atoms with Crippen LogP contribution < -0.4 is 15.4 Å². The first-order chi connectivity index (χ1) is 9.74. The van der Waals surface area contributed by atoms with E-state index < -0.39 is 0 Å². The van der Waals surface area contributed by atoms with Gasteiger partial charge >= 0.3 is 0 Å². The van der Waals surface area contributed by atoms with Crippen molar-refractivity contribution in [3.63, 3.8) is 0 Å². The molecule has 110 valence electrons. The summed E-state index contributed by atoms with van der Waals surface area (Å²) in [4.78, 5) is 11.0. The highest BCUT2D eigenvalue weighted by Crippen LogP contribution is 2.18. The lowest BCUT2D eigenvalue weighted by molar-refractivity contribution is -0.114. The number of rotatable bonds is 6. The van der Waals surface area contributed by atoms with E-state index in [0.29, 0.717) is 12.6 Å². The highest BCUT2D eigenvalue weighted by molar-refractivity contribution is 7.99. The molecule has 1 aromatic carbocycles. The Morgan fingerprint density at radius 2 is 2.40 bits per heavy atom. The molecule has 1 fully saturated rings. The van der Waals surface area contributed by atoms with Gasteiger partial charge < -0.3 is 15.4 Å². The third kappa shape index (κ3) is 5.43. The molecule has 1 heterocycles. The van der Waals surface area contributed by atoms with Gasteiger partial charge in [-0.2, -0.15) is 11.8 Å². The molecule has 0 radical (unpaired) electrons. The largest absolute Gasteiger partial charge is 0.492 e. The molecule has 1 saturated heterocycles. The lowest BCUT2D eigenvalue weighted by Crippen LogP contribution is -2.36. The first-order valence-electron chi connectivity index (χ1n) is 7.05. The molecule has 1 aliphatic rings. The quantitative estimate of drug-likeness (QED) is 0.792.